The Balaban J connectivity index is 2.45. The van der Waals surface area contributed by atoms with Crippen LogP contribution in [0.3, 0.4) is 0 Å². The largest absolute Gasteiger partial charge is 0.454 e. The molecule has 0 N–H and O–H groups in total. The number of esters is 1. The first-order valence-corrected chi connectivity index (χ1v) is 6.23. The molecule has 94 valence electrons. The minimum absolute atomic E-state index is 0.363. The van der Waals surface area contributed by atoms with Crippen molar-refractivity contribution in [2.45, 2.75) is 59.4 Å². The standard InChI is InChI=1S/C15H22O2/c1-10-8-12(17-13(16)9-10)14-11(2)6-5-7-15(14,3)4/h9,12H,5-8H2,1-4H3/i3+1D3. The lowest BCUT2D eigenvalue weighted by Gasteiger charge is -2.39. The molecule has 2 rings (SSSR count). The smallest absolute Gasteiger partial charge is 0.331 e. The number of hydrogen-bond donors (Lipinski definition) is 0. The minimum Gasteiger partial charge on any atom is -0.454 e. The van der Waals surface area contributed by atoms with Crippen molar-refractivity contribution in [3.8, 4) is 0 Å². The van der Waals surface area contributed by atoms with Crippen LogP contribution in [-0.2, 0) is 9.53 Å². The van der Waals surface area contributed by atoms with E-state index in [4.69, 9.17) is 8.85 Å². The van der Waals surface area contributed by atoms with Crippen molar-refractivity contribution in [2.24, 2.45) is 5.41 Å². The summed E-state index contributed by atoms with van der Waals surface area (Å²) in [6.45, 7) is 3.57. The van der Waals surface area contributed by atoms with Crippen molar-refractivity contribution in [1.82, 2.24) is 0 Å². The molecule has 2 aliphatic rings. The molecule has 0 aromatic carbocycles. The highest BCUT2D eigenvalue weighted by atomic mass is 16.5. The lowest BCUT2D eigenvalue weighted by Crippen LogP contribution is -2.34. The van der Waals surface area contributed by atoms with Crippen molar-refractivity contribution in [1.29, 1.82) is 0 Å². The minimum atomic E-state index is -2.08. The fourth-order valence-corrected chi connectivity index (χ4v) is 3.01. The van der Waals surface area contributed by atoms with E-state index in [1.165, 1.54) is 6.08 Å². The van der Waals surface area contributed by atoms with Crippen LogP contribution < -0.4 is 0 Å². The molecule has 17 heavy (non-hydrogen) atoms. The number of hydrogen-bond acceptors (Lipinski definition) is 2. The molecule has 0 spiro atoms. The van der Waals surface area contributed by atoms with E-state index in [2.05, 4.69) is 0 Å². The summed E-state index contributed by atoms with van der Waals surface area (Å²) in [5.74, 6) is -0.363. The summed E-state index contributed by atoms with van der Waals surface area (Å²) in [6, 6.07) is 0. The van der Waals surface area contributed by atoms with Gasteiger partial charge >= 0.3 is 5.97 Å². The van der Waals surface area contributed by atoms with Crippen molar-refractivity contribution in [2.75, 3.05) is 0 Å². The van der Waals surface area contributed by atoms with Crippen molar-refractivity contribution in [3.05, 3.63) is 22.8 Å². The van der Waals surface area contributed by atoms with Gasteiger partial charge in [-0.2, -0.15) is 0 Å². The van der Waals surface area contributed by atoms with E-state index in [0.29, 0.717) is 12.8 Å². The fourth-order valence-electron chi connectivity index (χ4n) is 3.01. The monoisotopic (exact) mass is 238 g/mol. The van der Waals surface area contributed by atoms with Crippen molar-refractivity contribution >= 4 is 5.97 Å². The number of cyclic esters (lactones) is 1. The fraction of sp³-hybridized carbons (Fsp3) is 0.667. The number of carbonyl (C=O) groups excluding carboxylic acids is 1. The second-order valence-electron chi connectivity index (χ2n) is 5.50. The van der Waals surface area contributed by atoms with Gasteiger partial charge in [0.1, 0.15) is 6.10 Å². The Morgan fingerprint density at radius 1 is 1.53 bits per heavy atom. The zero-order valence-corrected chi connectivity index (χ0v) is 10.8. The predicted octanol–water partition coefficient (Wildman–Crippen LogP) is 3.77. The van der Waals surface area contributed by atoms with E-state index in [0.717, 1.165) is 29.6 Å². The van der Waals surface area contributed by atoms with Crippen LogP contribution in [-0.4, -0.2) is 12.1 Å². The van der Waals surface area contributed by atoms with E-state index >= 15 is 0 Å². The Labute approximate surface area is 108 Å². The summed E-state index contributed by atoms with van der Waals surface area (Å²) in [5.41, 5.74) is 1.95. The van der Waals surface area contributed by atoms with Gasteiger partial charge in [0.15, 0.2) is 0 Å². The highest BCUT2D eigenvalue weighted by Crippen LogP contribution is 2.44. The molecule has 1 aliphatic heterocycles. The molecular formula is C15H22O2. The van der Waals surface area contributed by atoms with Crippen LogP contribution in [0, 0.1) is 5.41 Å². The summed E-state index contributed by atoms with van der Waals surface area (Å²) in [7, 11) is 0. The zero-order chi connectivity index (χ0) is 15.1. The lowest BCUT2D eigenvalue weighted by molar-refractivity contribution is -0.143. The maximum absolute atomic E-state index is 11.6. The summed E-state index contributed by atoms with van der Waals surface area (Å²) >= 11 is 0. The maximum Gasteiger partial charge on any atom is 0.331 e. The highest BCUT2D eigenvalue weighted by Gasteiger charge is 2.36. The van der Waals surface area contributed by atoms with Crippen LogP contribution in [0.2, 0.25) is 0 Å². The predicted molar refractivity (Wildman–Crippen MR) is 68.6 cm³/mol. The molecule has 2 unspecified atom stereocenters. The lowest BCUT2D eigenvalue weighted by atomic mass is 9.73. The Hall–Kier alpha value is -1.05. The molecule has 2 atom stereocenters. The molecule has 0 aromatic rings. The van der Waals surface area contributed by atoms with E-state index in [-0.39, 0.29) is 5.97 Å². The molecule has 1 heterocycles. The van der Waals surface area contributed by atoms with Gasteiger partial charge in [0.2, 0.25) is 0 Å². The average Bonchev–Trinajstić information content (AvgIpc) is 2.25. The average molecular weight is 238 g/mol. The van der Waals surface area contributed by atoms with Crippen LogP contribution in [0.4, 0.5) is 0 Å². The number of ether oxygens (including phenoxy) is 1. The molecule has 2 nitrogen and oxygen atoms in total. The number of allylic oxidation sites excluding steroid dienone is 1. The Bertz CT molecular complexity index is 488. The van der Waals surface area contributed by atoms with Crippen LogP contribution in [0.15, 0.2) is 22.8 Å². The third kappa shape index (κ3) is 2.46. The van der Waals surface area contributed by atoms with E-state index in [1.807, 2.05) is 13.8 Å². The van der Waals surface area contributed by atoms with Gasteiger partial charge in [-0.25, -0.2) is 4.79 Å². The summed E-state index contributed by atoms with van der Waals surface area (Å²) < 4.78 is 29.2. The molecule has 0 saturated heterocycles. The van der Waals surface area contributed by atoms with Crippen LogP contribution in [0.5, 0.6) is 0 Å². The number of rotatable bonds is 1. The van der Waals surface area contributed by atoms with Gasteiger partial charge in [0, 0.05) is 16.6 Å². The van der Waals surface area contributed by atoms with Crippen molar-refractivity contribution < 1.29 is 13.6 Å². The molecule has 0 saturated carbocycles. The first-order chi connectivity index (χ1) is 9.15. The van der Waals surface area contributed by atoms with E-state index in [1.54, 1.807) is 6.92 Å². The van der Waals surface area contributed by atoms with Crippen molar-refractivity contribution in [3.63, 3.8) is 0 Å². The van der Waals surface area contributed by atoms with Gasteiger partial charge in [-0.3, -0.25) is 0 Å². The van der Waals surface area contributed by atoms with Gasteiger partial charge in [0.05, 0.1) is 0 Å². The molecular weight excluding hydrogens is 213 g/mol. The van der Waals surface area contributed by atoms with Crippen LogP contribution in [0.1, 0.15) is 57.4 Å². The number of carbonyl (C=O) groups is 1. The normalized spacial score (nSPS) is 37.8. The van der Waals surface area contributed by atoms with E-state index < -0.39 is 18.4 Å². The third-order valence-electron chi connectivity index (χ3n) is 3.73. The quantitative estimate of drug-likeness (QED) is 0.395. The highest BCUT2D eigenvalue weighted by molar-refractivity contribution is 5.84. The molecule has 1 aliphatic carbocycles. The van der Waals surface area contributed by atoms with Gasteiger partial charge in [-0.15, -0.1) is 0 Å². The summed E-state index contributed by atoms with van der Waals surface area (Å²) in [4.78, 5) is 11.6. The summed E-state index contributed by atoms with van der Waals surface area (Å²) in [6.07, 6.45) is 4.05. The SMILES string of the molecule is [2H][13C]([2H])([2H])C1(C)CCCC(C)=C1C1CC(C)=CC(=O)O1. The Kier molecular flexibility index (Phi) is 2.28. The topological polar surface area (TPSA) is 26.3 Å². The summed E-state index contributed by atoms with van der Waals surface area (Å²) in [5, 5.41) is 0. The Morgan fingerprint density at radius 3 is 2.94 bits per heavy atom. The van der Waals surface area contributed by atoms with Gasteiger partial charge in [0.25, 0.3) is 0 Å². The first kappa shape index (κ1) is 8.96. The molecule has 0 amide bonds. The molecule has 2 heteroatoms. The zero-order valence-electron chi connectivity index (χ0n) is 13.8. The molecule has 0 radical (unpaired) electrons. The van der Waals surface area contributed by atoms with Crippen LogP contribution in [0.25, 0.3) is 0 Å². The Morgan fingerprint density at radius 2 is 2.29 bits per heavy atom. The second kappa shape index (κ2) is 4.32. The second-order valence-corrected chi connectivity index (χ2v) is 5.50. The van der Waals surface area contributed by atoms with E-state index in [9.17, 15) is 4.79 Å². The molecule has 0 fully saturated rings. The molecule has 0 aromatic heterocycles. The third-order valence-corrected chi connectivity index (χ3v) is 3.73. The van der Waals surface area contributed by atoms with Gasteiger partial charge in [-0.1, -0.05) is 24.9 Å². The molecule has 0 bridgehead atoms. The van der Waals surface area contributed by atoms with Gasteiger partial charge in [-0.05, 0) is 44.1 Å². The van der Waals surface area contributed by atoms with Gasteiger partial charge < -0.3 is 4.74 Å². The maximum atomic E-state index is 11.6. The first-order valence-electron chi connectivity index (χ1n) is 7.73. The van der Waals surface area contributed by atoms with Crippen LogP contribution >= 0.6 is 0 Å².